The number of nitrogens with zero attached hydrogens (tertiary/aromatic N) is 1. The van der Waals surface area contributed by atoms with Gasteiger partial charge in [0.1, 0.15) is 17.4 Å². The number of methoxy groups -OCH3 is 1. The molecule has 1 heterocycles. The quantitative estimate of drug-likeness (QED) is 0.684. The third-order valence-electron chi connectivity index (χ3n) is 3.31. The zero-order valence-corrected chi connectivity index (χ0v) is 13.1. The van der Waals surface area contributed by atoms with Gasteiger partial charge in [0.2, 0.25) is 0 Å². The number of para-hydroxylation sites is 1. The molecule has 112 valence electrons. The minimum Gasteiger partial charge on any atom is -0.496 e. The summed E-state index contributed by atoms with van der Waals surface area (Å²) in [6.07, 6.45) is 0. The fourth-order valence-electron chi connectivity index (χ4n) is 2.14. The first-order valence-corrected chi connectivity index (χ1v) is 7.65. The van der Waals surface area contributed by atoms with Gasteiger partial charge >= 0.3 is 5.97 Å². The average molecular weight is 313 g/mol. The van der Waals surface area contributed by atoms with Gasteiger partial charge in [0.25, 0.3) is 0 Å². The molecule has 0 bridgehead atoms. The summed E-state index contributed by atoms with van der Waals surface area (Å²) < 4.78 is 11.6. The molecule has 0 amide bonds. The van der Waals surface area contributed by atoms with Crippen molar-refractivity contribution in [3.8, 4) is 5.75 Å². The maximum absolute atomic E-state index is 12.1. The summed E-state index contributed by atoms with van der Waals surface area (Å²) in [5, 5.41) is 0.786. The van der Waals surface area contributed by atoms with Crippen LogP contribution in [0.1, 0.15) is 20.9 Å². The predicted octanol–water partition coefficient (Wildman–Crippen LogP) is 3.97. The van der Waals surface area contributed by atoms with Gasteiger partial charge in [-0.3, -0.25) is 0 Å². The Hall–Kier alpha value is -2.40. The van der Waals surface area contributed by atoms with Crippen molar-refractivity contribution in [2.24, 2.45) is 0 Å². The van der Waals surface area contributed by atoms with Crippen LogP contribution in [0.4, 0.5) is 0 Å². The molecular weight excluding hydrogens is 298 g/mol. The van der Waals surface area contributed by atoms with Crippen molar-refractivity contribution in [2.45, 2.75) is 13.5 Å². The Balaban J connectivity index is 1.71. The van der Waals surface area contributed by atoms with Crippen molar-refractivity contribution in [1.29, 1.82) is 0 Å². The molecule has 0 unspecified atom stereocenters. The van der Waals surface area contributed by atoms with Crippen LogP contribution in [-0.2, 0) is 11.3 Å². The van der Waals surface area contributed by atoms with Crippen LogP contribution in [0.2, 0.25) is 0 Å². The van der Waals surface area contributed by atoms with E-state index in [1.165, 1.54) is 11.3 Å². The SMILES string of the molecule is COc1cc(C(=O)OCc2nc3ccccc3s2)ccc1C. The van der Waals surface area contributed by atoms with Gasteiger partial charge in [-0.05, 0) is 36.8 Å². The molecule has 2 aromatic carbocycles. The second kappa shape index (κ2) is 6.15. The number of hydrogen-bond acceptors (Lipinski definition) is 5. The molecule has 0 fully saturated rings. The molecule has 3 rings (SSSR count). The summed E-state index contributed by atoms with van der Waals surface area (Å²) in [7, 11) is 1.58. The van der Waals surface area contributed by atoms with Crippen molar-refractivity contribution < 1.29 is 14.3 Å². The zero-order chi connectivity index (χ0) is 15.5. The molecule has 0 radical (unpaired) electrons. The maximum atomic E-state index is 12.1. The van der Waals surface area contributed by atoms with Gasteiger partial charge in [-0.15, -0.1) is 11.3 Å². The van der Waals surface area contributed by atoms with Crippen LogP contribution in [0, 0.1) is 6.92 Å². The largest absolute Gasteiger partial charge is 0.496 e. The lowest BCUT2D eigenvalue weighted by atomic mass is 10.1. The van der Waals surface area contributed by atoms with Gasteiger partial charge in [-0.1, -0.05) is 18.2 Å². The summed E-state index contributed by atoms with van der Waals surface area (Å²) >= 11 is 1.53. The van der Waals surface area contributed by atoms with E-state index in [9.17, 15) is 4.79 Å². The van der Waals surface area contributed by atoms with E-state index in [0.717, 1.165) is 20.8 Å². The third-order valence-corrected chi connectivity index (χ3v) is 4.32. The molecule has 0 spiro atoms. The molecule has 22 heavy (non-hydrogen) atoms. The molecule has 0 saturated carbocycles. The zero-order valence-electron chi connectivity index (χ0n) is 12.3. The lowest BCUT2D eigenvalue weighted by molar-refractivity contribution is 0.0472. The lowest BCUT2D eigenvalue weighted by Crippen LogP contribution is -2.05. The highest BCUT2D eigenvalue weighted by atomic mass is 32.1. The van der Waals surface area contributed by atoms with Crippen LogP contribution >= 0.6 is 11.3 Å². The summed E-state index contributed by atoms with van der Waals surface area (Å²) in [6.45, 7) is 2.10. The molecule has 0 aliphatic carbocycles. The van der Waals surface area contributed by atoms with E-state index in [0.29, 0.717) is 11.3 Å². The number of thiazole rings is 1. The fraction of sp³-hybridized carbons (Fsp3) is 0.176. The van der Waals surface area contributed by atoms with Gasteiger partial charge in [0, 0.05) is 0 Å². The van der Waals surface area contributed by atoms with Crippen LogP contribution < -0.4 is 4.74 Å². The molecule has 1 aromatic heterocycles. The van der Waals surface area contributed by atoms with Gasteiger partial charge in [-0.2, -0.15) is 0 Å². The number of ether oxygens (including phenoxy) is 2. The van der Waals surface area contributed by atoms with Gasteiger partial charge in [0.15, 0.2) is 0 Å². The Bertz CT molecular complexity index is 793. The van der Waals surface area contributed by atoms with Gasteiger partial charge in [-0.25, -0.2) is 9.78 Å². The number of benzene rings is 2. The normalized spacial score (nSPS) is 10.6. The van der Waals surface area contributed by atoms with E-state index in [1.54, 1.807) is 19.2 Å². The van der Waals surface area contributed by atoms with Crippen LogP contribution in [0.15, 0.2) is 42.5 Å². The summed E-state index contributed by atoms with van der Waals surface area (Å²) in [5.74, 6) is 0.298. The average Bonchev–Trinajstić information content (AvgIpc) is 2.96. The van der Waals surface area contributed by atoms with E-state index in [2.05, 4.69) is 4.98 Å². The fourth-order valence-corrected chi connectivity index (χ4v) is 3.02. The van der Waals surface area contributed by atoms with Crippen molar-refractivity contribution in [3.63, 3.8) is 0 Å². The second-order valence-corrected chi connectivity index (χ2v) is 5.95. The number of carbonyl (C=O) groups excluding carboxylic acids is 1. The van der Waals surface area contributed by atoms with E-state index < -0.39 is 0 Å². The van der Waals surface area contributed by atoms with Crippen molar-refractivity contribution >= 4 is 27.5 Å². The van der Waals surface area contributed by atoms with Crippen LogP contribution in [0.5, 0.6) is 5.75 Å². The van der Waals surface area contributed by atoms with Gasteiger partial charge < -0.3 is 9.47 Å². The molecule has 5 heteroatoms. The molecular formula is C17H15NO3S. The van der Waals surface area contributed by atoms with E-state index in [4.69, 9.17) is 9.47 Å². The van der Waals surface area contributed by atoms with Gasteiger partial charge in [0.05, 0.1) is 22.9 Å². The molecule has 0 N–H and O–H groups in total. The van der Waals surface area contributed by atoms with E-state index in [1.807, 2.05) is 37.3 Å². The monoisotopic (exact) mass is 313 g/mol. The van der Waals surface area contributed by atoms with Crippen LogP contribution in [-0.4, -0.2) is 18.1 Å². The van der Waals surface area contributed by atoms with Crippen molar-refractivity contribution in [3.05, 3.63) is 58.6 Å². The highest BCUT2D eigenvalue weighted by molar-refractivity contribution is 7.18. The van der Waals surface area contributed by atoms with Crippen molar-refractivity contribution in [1.82, 2.24) is 4.98 Å². The van der Waals surface area contributed by atoms with E-state index in [-0.39, 0.29) is 12.6 Å². The number of carbonyl (C=O) groups is 1. The van der Waals surface area contributed by atoms with E-state index >= 15 is 0 Å². The molecule has 0 saturated heterocycles. The Morgan fingerprint density at radius 2 is 2.05 bits per heavy atom. The minimum atomic E-state index is -0.377. The third kappa shape index (κ3) is 2.94. The Morgan fingerprint density at radius 1 is 1.23 bits per heavy atom. The number of esters is 1. The molecule has 0 atom stereocenters. The lowest BCUT2D eigenvalue weighted by Gasteiger charge is -2.07. The first-order valence-electron chi connectivity index (χ1n) is 6.83. The van der Waals surface area contributed by atoms with Crippen LogP contribution in [0.3, 0.4) is 0 Å². The molecule has 3 aromatic rings. The highest BCUT2D eigenvalue weighted by Crippen LogP contribution is 2.23. The Labute approximate surface area is 132 Å². The smallest absolute Gasteiger partial charge is 0.338 e. The predicted molar refractivity (Wildman–Crippen MR) is 86.5 cm³/mol. The minimum absolute atomic E-state index is 0.175. The summed E-state index contributed by atoms with van der Waals surface area (Å²) in [4.78, 5) is 16.6. The Kier molecular flexibility index (Phi) is 4.06. The molecule has 0 aliphatic rings. The first kappa shape index (κ1) is 14.5. The number of fused-ring (bicyclic) bond motifs is 1. The summed E-state index contributed by atoms with van der Waals surface area (Å²) in [6, 6.07) is 13.1. The molecule has 4 nitrogen and oxygen atoms in total. The number of rotatable bonds is 4. The topological polar surface area (TPSA) is 48.4 Å². The number of aryl methyl sites for hydroxylation is 1. The first-order chi connectivity index (χ1) is 10.7. The second-order valence-electron chi connectivity index (χ2n) is 4.84. The number of aromatic nitrogens is 1. The maximum Gasteiger partial charge on any atom is 0.338 e. The van der Waals surface area contributed by atoms with Crippen molar-refractivity contribution in [2.75, 3.05) is 7.11 Å². The summed E-state index contributed by atoms with van der Waals surface area (Å²) in [5.41, 5.74) is 2.38. The standard InChI is InChI=1S/C17H15NO3S/c1-11-7-8-12(9-14(11)20-2)17(19)21-10-16-18-13-5-3-4-6-15(13)22-16/h3-9H,10H2,1-2H3. The van der Waals surface area contributed by atoms with Crippen LogP contribution in [0.25, 0.3) is 10.2 Å². The highest BCUT2D eigenvalue weighted by Gasteiger charge is 2.11. The Morgan fingerprint density at radius 3 is 2.82 bits per heavy atom. The number of hydrogen-bond donors (Lipinski definition) is 0. The molecule has 0 aliphatic heterocycles.